The summed E-state index contributed by atoms with van der Waals surface area (Å²) in [7, 11) is 3.55. The van der Waals surface area contributed by atoms with Crippen molar-refractivity contribution in [2.45, 2.75) is 18.8 Å². The average Bonchev–Trinajstić information content (AvgIpc) is 2.90. The summed E-state index contributed by atoms with van der Waals surface area (Å²) in [5.74, 6) is 0.198. The molecule has 2 aromatic heterocycles. The van der Waals surface area contributed by atoms with Crippen LogP contribution in [0.1, 0.15) is 34.8 Å². The van der Waals surface area contributed by atoms with E-state index < -0.39 is 0 Å². The highest BCUT2D eigenvalue weighted by Gasteiger charge is 2.21. The van der Waals surface area contributed by atoms with Gasteiger partial charge in [0.25, 0.3) is 0 Å². The molecule has 1 aliphatic rings. The van der Waals surface area contributed by atoms with Gasteiger partial charge in [-0.1, -0.05) is 0 Å². The lowest BCUT2D eigenvalue weighted by molar-refractivity contribution is 0.0600. The van der Waals surface area contributed by atoms with Gasteiger partial charge in [0, 0.05) is 18.3 Å². The summed E-state index contributed by atoms with van der Waals surface area (Å²) < 4.78 is 6.71. The van der Waals surface area contributed by atoms with Crippen LogP contribution in [0.25, 0.3) is 5.65 Å². The van der Waals surface area contributed by atoms with E-state index in [4.69, 9.17) is 4.74 Å². The normalized spacial score (nSPS) is 17.5. The Hall–Kier alpha value is -1.88. The topological polar surface area (TPSA) is 46.8 Å². The number of aromatic nitrogens is 2. The molecule has 5 heteroatoms. The van der Waals surface area contributed by atoms with Crippen LogP contribution in [0, 0.1) is 0 Å². The second-order valence-corrected chi connectivity index (χ2v) is 5.42. The SMILES string of the molecule is COC(=O)c1ccn2cc(C3CCN(C)CC3)nc2c1. The zero-order valence-corrected chi connectivity index (χ0v) is 11.9. The van der Waals surface area contributed by atoms with Crippen molar-refractivity contribution in [1.29, 1.82) is 0 Å². The maximum absolute atomic E-state index is 11.5. The predicted octanol–water partition coefficient (Wildman–Crippen LogP) is 1.93. The number of imidazole rings is 1. The molecule has 1 fully saturated rings. The standard InChI is InChI=1S/C15H19N3O2/c1-17-6-3-11(4-7-17)13-10-18-8-5-12(15(19)20-2)9-14(18)16-13/h5,8-11H,3-4,6-7H2,1-2H3. The van der Waals surface area contributed by atoms with Gasteiger partial charge < -0.3 is 14.0 Å². The van der Waals surface area contributed by atoms with Crippen molar-refractivity contribution in [3.05, 3.63) is 35.8 Å². The Morgan fingerprint density at radius 1 is 1.40 bits per heavy atom. The van der Waals surface area contributed by atoms with Crippen LogP contribution in [0.5, 0.6) is 0 Å². The average molecular weight is 273 g/mol. The lowest BCUT2D eigenvalue weighted by atomic mass is 9.94. The summed E-state index contributed by atoms with van der Waals surface area (Å²) in [6.07, 6.45) is 6.23. The highest BCUT2D eigenvalue weighted by molar-refractivity contribution is 5.90. The molecule has 0 spiro atoms. The second-order valence-electron chi connectivity index (χ2n) is 5.42. The molecule has 0 saturated carbocycles. The van der Waals surface area contributed by atoms with E-state index in [-0.39, 0.29) is 5.97 Å². The van der Waals surface area contributed by atoms with Gasteiger partial charge >= 0.3 is 5.97 Å². The monoisotopic (exact) mass is 273 g/mol. The Morgan fingerprint density at radius 2 is 2.15 bits per heavy atom. The first-order valence-corrected chi connectivity index (χ1v) is 6.93. The van der Waals surface area contributed by atoms with Crippen LogP contribution in [0.4, 0.5) is 0 Å². The Morgan fingerprint density at radius 3 is 2.85 bits per heavy atom. The van der Waals surface area contributed by atoms with Crippen LogP contribution < -0.4 is 0 Å². The zero-order valence-electron chi connectivity index (χ0n) is 11.9. The fourth-order valence-corrected chi connectivity index (χ4v) is 2.75. The number of nitrogens with zero attached hydrogens (tertiary/aromatic N) is 3. The van der Waals surface area contributed by atoms with Crippen LogP contribution in [0.15, 0.2) is 24.5 Å². The third-order valence-corrected chi connectivity index (χ3v) is 4.04. The molecule has 0 amide bonds. The summed E-state index contributed by atoms with van der Waals surface area (Å²) in [4.78, 5) is 18.6. The summed E-state index contributed by atoms with van der Waals surface area (Å²) >= 11 is 0. The lowest BCUT2D eigenvalue weighted by Gasteiger charge is -2.27. The predicted molar refractivity (Wildman–Crippen MR) is 76.0 cm³/mol. The fourth-order valence-electron chi connectivity index (χ4n) is 2.75. The number of esters is 1. The van der Waals surface area contributed by atoms with Gasteiger partial charge in [-0.25, -0.2) is 9.78 Å². The Bertz CT molecular complexity index is 627. The number of methoxy groups -OCH3 is 1. The third-order valence-electron chi connectivity index (χ3n) is 4.04. The van der Waals surface area contributed by atoms with Gasteiger partial charge in [-0.05, 0) is 45.1 Å². The molecule has 2 aromatic rings. The molecule has 0 aromatic carbocycles. The number of piperidine rings is 1. The molecular weight excluding hydrogens is 254 g/mol. The zero-order chi connectivity index (χ0) is 14.1. The van der Waals surface area contributed by atoms with Crippen molar-refractivity contribution in [1.82, 2.24) is 14.3 Å². The van der Waals surface area contributed by atoms with Crippen molar-refractivity contribution in [2.24, 2.45) is 0 Å². The summed E-state index contributed by atoms with van der Waals surface area (Å²) in [5, 5.41) is 0. The number of hydrogen-bond donors (Lipinski definition) is 0. The summed E-state index contributed by atoms with van der Waals surface area (Å²) in [6, 6.07) is 3.54. The minimum atomic E-state index is -0.323. The van der Waals surface area contributed by atoms with E-state index in [9.17, 15) is 4.79 Å². The molecular formula is C15H19N3O2. The van der Waals surface area contributed by atoms with Crippen LogP contribution in [0.2, 0.25) is 0 Å². The van der Waals surface area contributed by atoms with E-state index in [0.717, 1.165) is 37.3 Å². The first-order valence-electron chi connectivity index (χ1n) is 6.93. The number of likely N-dealkylation sites (tertiary alicyclic amines) is 1. The van der Waals surface area contributed by atoms with Crippen molar-refractivity contribution >= 4 is 11.6 Å². The van der Waals surface area contributed by atoms with Crippen molar-refractivity contribution < 1.29 is 9.53 Å². The highest BCUT2D eigenvalue weighted by atomic mass is 16.5. The van der Waals surface area contributed by atoms with E-state index >= 15 is 0 Å². The molecule has 0 aliphatic carbocycles. The number of hydrogen-bond acceptors (Lipinski definition) is 4. The first kappa shape index (κ1) is 13.1. The summed E-state index contributed by atoms with van der Waals surface area (Å²) in [6.45, 7) is 2.23. The molecule has 0 atom stereocenters. The van der Waals surface area contributed by atoms with Gasteiger partial charge in [0.15, 0.2) is 0 Å². The molecule has 20 heavy (non-hydrogen) atoms. The van der Waals surface area contributed by atoms with Crippen LogP contribution in [-0.2, 0) is 4.74 Å². The van der Waals surface area contributed by atoms with Crippen LogP contribution in [-0.4, -0.2) is 47.5 Å². The summed E-state index contributed by atoms with van der Waals surface area (Å²) in [5.41, 5.74) is 2.47. The first-order chi connectivity index (χ1) is 9.67. The maximum atomic E-state index is 11.5. The van der Waals surface area contributed by atoms with Gasteiger partial charge in [0.1, 0.15) is 5.65 Å². The molecule has 5 nitrogen and oxygen atoms in total. The molecule has 1 aliphatic heterocycles. The van der Waals surface area contributed by atoms with Crippen molar-refractivity contribution in [3.63, 3.8) is 0 Å². The lowest BCUT2D eigenvalue weighted by Crippen LogP contribution is -2.29. The minimum absolute atomic E-state index is 0.323. The largest absolute Gasteiger partial charge is 0.465 e. The Balaban J connectivity index is 1.88. The Labute approximate surface area is 118 Å². The maximum Gasteiger partial charge on any atom is 0.338 e. The molecule has 0 N–H and O–H groups in total. The molecule has 0 bridgehead atoms. The number of carbonyl (C=O) groups excluding carboxylic acids is 1. The number of ether oxygens (including phenoxy) is 1. The molecule has 0 unspecified atom stereocenters. The Kier molecular flexibility index (Phi) is 3.44. The number of pyridine rings is 1. The van der Waals surface area contributed by atoms with E-state index in [2.05, 4.69) is 23.1 Å². The number of carbonyl (C=O) groups is 1. The van der Waals surface area contributed by atoms with Crippen LogP contribution in [0.3, 0.4) is 0 Å². The van der Waals surface area contributed by atoms with Crippen LogP contribution >= 0.6 is 0 Å². The molecule has 3 rings (SSSR count). The van der Waals surface area contributed by atoms with Gasteiger partial charge in [-0.3, -0.25) is 0 Å². The highest BCUT2D eigenvalue weighted by Crippen LogP contribution is 2.27. The number of rotatable bonds is 2. The van der Waals surface area contributed by atoms with E-state index in [1.807, 2.05) is 10.6 Å². The van der Waals surface area contributed by atoms with Gasteiger partial charge in [0.2, 0.25) is 0 Å². The van der Waals surface area contributed by atoms with E-state index in [0.29, 0.717) is 11.5 Å². The molecule has 3 heterocycles. The third kappa shape index (κ3) is 2.41. The number of fused-ring (bicyclic) bond motifs is 1. The molecule has 1 saturated heterocycles. The molecule has 0 radical (unpaired) electrons. The second kappa shape index (κ2) is 5.25. The molecule has 106 valence electrons. The fraction of sp³-hybridized carbons (Fsp3) is 0.467. The van der Waals surface area contributed by atoms with E-state index in [1.54, 1.807) is 12.1 Å². The van der Waals surface area contributed by atoms with Crippen molar-refractivity contribution in [2.75, 3.05) is 27.2 Å². The van der Waals surface area contributed by atoms with Gasteiger partial charge in [-0.15, -0.1) is 0 Å². The van der Waals surface area contributed by atoms with Gasteiger partial charge in [0.05, 0.1) is 18.4 Å². The van der Waals surface area contributed by atoms with E-state index in [1.165, 1.54) is 7.11 Å². The quantitative estimate of drug-likeness (QED) is 0.784. The minimum Gasteiger partial charge on any atom is -0.465 e. The smallest absolute Gasteiger partial charge is 0.338 e. The van der Waals surface area contributed by atoms with Crippen molar-refractivity contribution in [3.8, 4) is 0 Å². The van der Waals surface area contributed by atoms with Gasteiger partial charge in [-0.2, -0.15) is 0 Å².